The van der Waals surface area contributed by atoms with E-state index in [1.165, 1.54) is 334 Å². The Morgan fingerprint density at radius 3 is 0.362 bits per heavy atom. The molecule has 0 aromatic rings. The van der Waals surface area contributed by atoms with Crippen molar-refractivity contribution < 1.29 is 53.5 Å². The minimum Gasteiger partial charge on any atom is -0.547 e. The van der Waals surface area contributed by atoms with E-state index in [0.717, 1.165) is 103 Å². The minimum absolute atomic E-state index is 0. The van der Waals surface area contributed by atoms with Gasteiger partial charge in [0, 0.05) is 0 Å². The minimum atomic E-state index is -3.97. The molecular formula is C84H170BaN4O12S4. The fourth-order valence-electron chi connectivity index (χ4n) is 14.0. The van der Waals surface area contributed by atoms with Crippen LogP contribution in [0.4, 0.5) is 0 Å². The van der Waals surface area contributed by atoms with Gasteiger partial charge in [0.1, 0.15) is 12.3 Å². The summed E-state index contributed by atoms with van der Waals surface area (Å²) >= 11 is 0. The molecule has 0 rings (SSSR count). The van der Waals surface area contributed by atoms with Crippen LogP contribution in [0, 0.1) is 0 Å². The number of carboxylic acid groups (broad SMARTS) is 2. The van der Waals surface area contributed by atoms with Crippen molar-refractivity contribution in [2.24, 2.45) is 0 Å². The second-order valence-electron chi connectivity index (χ2n) is 31.3. The molecule has 0 bridgehead atoms. The standard InChI is InChI=1S/2C42H86N2O6S2.Ba/c2*1-3-5-7-9-11-13-15-17-19-21-23-25-27-29-31-33-35-37-39-51(47,48)43-41(42(45)46)44-52(49,50)40-38-36-34-32-30-28-26-24-22-20-18-16-14-12-10-8-6-4-2;/h2*41,43-44H,3-40H2,1-2H3,(H,45,46);/q;;+2/p-2. The van der Waals surface area contributed by atoms with E-state index in [9.17, 15) is 53.5 Å². The number of carbonyl (C=O) groups excluding carboxylic acids is 2. The molecule has 16 nitrogen and oxygen atoms in total. The fourth-order valence-corrected chi connectivity index (χ4v) is 19.0. The van der Waals surface area contributed by atoms with Crippen molar-refractivity contribution in [3.8, 4) is 0 Å². The van der Waals surface area contributed by atoms with Gasteiger partial charge in [0.05, 0.1) is 35.0 Å². The van der Waals surface area contributed by atoms with Crippen LogP contribution < -0.4 is 29.1 Å². The van der Waals surface area contributed by atoms with Crippen LogP contribution in [-0.4, -0.2) is 130 Å². The van der Waals surface area contributed by atoms with E-state index >= 15 is 0 Å². The molecule has 0 aliphatic carbocycles. The van der Waals surface area contributed by atoms with E-state index in [-0.39, 0.29) is 71.9 Å². The number of unbranched alkanes of at least 4 members (excludes halogenated alkanes) is 68. The first-order valence-corrected chi connectivity index (χ1v) is 51.3. The SMILES string of the molecule is CCCCCCCCCCCCCCCCCCCCS(=O)(=O)NC(NS(=O)(=O)CCCCCCCCCCCCCCCCCCCC)C(=O)[O-].CCCCCCCCCCCCCCCCCCCCS(=O)(=O)NC(NS(=O)(=O)CCCCCCCCCCCCCCCCCCCC)C(=O)[O-].[Ba+2]. The Hall–Kier alpha value is 0.151. The molecule has 0 unspecified atom stereocenters. The van der Waals surface area contributed by atoms with Crippen molar-refractivity contribution in [2.75, 3.05) is 23.0 Å². The van der Waals surface area contributed by atoms with Gasteiger partial charge in [0.25, 0.3) is 0 Å². The van der Waals surface area contributed by atoms with Crippen molar-refractivity contribution in [2.45, 2.75) is 502 Å². The molecule has 0 spiro atoms. The molecule has 0 aromatic carbocycles. The molecular weight excluding hydrogens is 1520 g/mol. The molecule has 0 saturated carbocycles. The summed E-state index contributed by atoms with van der Waals surface area (Å²) in [6.07, 6.45) is 82.8. The summed E-state index contributed by atoms with van der Waals surface area (Å²) in [7, 11) is -15.9. The van der Waals surface area contributed by atoms with Crippen LogP contribution in [0.2, 0.25) is 0 Å². The second kappa shape index (κ2) is 82.1. The first-order valence-electron chi connectivity index (χ1n) is 44.7. The smallest absolute Gasteiger partial charge is 0.547 e. The number of sulfonamides is 4. The first-order chi connectivity index (χ1) is 50.3. The Balaban J connectivity index is -0.00000196. The summed E-state index contributed by atoms with van der Waals surface area (Å²) in [6.45, 7) is 9.04. The summed E-state index contributed by atoms with van der Waals surface area (Å²) in [5, 5.41) is 23.1. The predicted molar refractivity (Wildman–Crippen MR) is 446 cm³/mol. The van der Waals surface area contributed by atoms with Crippen LogP contribution in [0.25, 0.3) is 0 Å². The summed E-state index contributed by atoms with van der Waals surface area (Å²) in [5.41, 5.74) is 0. The van der Waals surface area contributed by atoms with E-state index in [0.29, 0.717) is 25.7 Å². The molecule has 0 atom stereocenters. The molecule has 0 fully saturated rings. The number of aliphatic carboxylic acids is 2. The van der Waals surface area contributed by atoms with E-state index < -0.39 is 64.4 Å². The van der Waals surface area contributed by atoms with E-state index in [2.05, 4.69) is 27.7 Å². The Kier molecular flexibility index (Phi) is 85.5. The van der Waals surface area contributed by atoms with Crippen LogP contribution in [0.1, 0.15) is 490 Å². The van der Waals surface area contributed by atoms with Crippen molar-refractivity contribution in [3.63, 3.8) is 0 Å². The van der Waals surface area contributed by atoms with Crippen LogP contribution in [0.3, 0.4) is 0 Å². The molecule has 0 aromatic heterocycles. The Morgan fingerprint density at radius 2 is 0.276 bits per heavy atom. The van der Waals surface area contributed by atoms with Gasteiger partial charge in [-0.2, -0.15) is 18.9 Å². The third kappa shape index (κ3) is 86.4. The third-order valence-corrected chi connectivity index (χ3v) is 26.4. The maximum atomic E-state index is 12.5. The number of nitrogens with one attached hydrogen (secondary N) is 4. The number of hydrogen-bond acceptors (Lipinski definition) is 12. The van der Waals surface area contributed by atoms with Crippen LogP contribution in [0.5, 0.6) is 0 Å². The van der Waals surface area contributed by atoms with Crippen molar-refractivity contribution in [1.29, 1.82) is 0 Å². The Labute approximate surface area is 692 Å². The molecule has 0 aliphatic rings. The fraction of sp³-hybridized carbons (Fsp3) is 0.976. The largest absolute Gasteiger partial charge is 2.00 e. The van der Waals surface area contributed by atoms with Gasteiger partial charge in [-0.1, -0.05) is 464 Å². The van der Waals surface area contributed by atoms with E-state index in [1.807, 2.05) is 18.9 Å². The second-order valence-corrected chi connectivity index (χ2v) is 38.8. The summed E-state index contributed by atoms with van der Waals surface area (Å²) in [4.78, 5) is 23.1. The quantitative estimate of drug-likeness (QED) is 0.0252. The van der Waals surface area contributed by atoms with E-state index in [1.54, 1.807) is 0 Å². The molecule has 0 heterocycles. The third-order valence-electron chi connectivity index (χ3n) is 20.7. The molecule has 0 radical (unpaired) electrons. The molecule has 0 amide bonds. The van der Waals surface area contributed by atoms with Gasteiger partial charge in [-0.15, -0.1) is 0 Å². The average Bonchev–Trinajstić information content (AvgIpc) is 0.867. The zero-order valence-electron chi connectivity index (χ0n) is 69.1. The number of carbonyl (C=O) groups is 2. The van der Waals surface area contributed by atoms with Crippen LogP contribution in [0.15, 0.2) is 0 Å². The van der Waals surface area contributed by atoms with Gasteiger partial charge < -0.3 is 19.8 Å². The Morgan fingerprint density at radius 1 is 0.190 bits per heavy atom. The molecule has 0 aliphatic heterocycles. The Bertz CT molecular complexity index is 2000. The zero-order chi connectivity index (χ0) is 76.9. The van der Waals surface area contributed by atoms with Gasteiger partial charge in [-0.25, -0.2) is 33.7 Å². The topological polar surface area (TPSA) is 265 Å². The average molecular weight is 1690 g/mol. The number of rotatable bonds is 86. The molecule has 4 N–H and O–H groups in total. The van der Waals surface area contributed by atoms with E-state index in [4.69, 9.17) is 0 Å². The normalized spacial score (nSPS) is 12.2. The molecule has 0 saturated heterocycles. The summed E-state index contributed by atoms with van der Waals surface area (Å²) < 4.78 is 108. The van der Waals surface area contributed by atoms with Crippen molar-refractivity contribution in [3.05, 3.63) is 0 Å². The first kappa shape index (κ1) is 109. The van der Waals surface area contributed by atoms with Gasteiger partial charge >= 0.3 is 48.9 Å². The van der Waals surface area contributed by atoms with Crippen LogP contribution in [-0.2, 0) is 49.7 Å². The van der Waals surface area contributed by atoms with Gasteiger partial charge in [0.2, 0.25) is 40.1 Å². The van der Waals surface area contributed by atoms with Crippen molar-refractivity contribution in [1.82, 2.24) is 18.9 Å². The summed E-state index contributed by atoms with van der Waals surface area (Å²) in [6, 6.07) is 0. The summed E-state index contributed by atoms with van der Waals surface area (Å²) in [5.74, 6) is -4.56. The van der Waals surface area contributed by atoms with Gasteiger partial charge in [-0.05, 0) is 25.7 Å². The number of carboxylic acids is 2. The van der Waals surface area contributed by atoms with Gasteiger partial charge in [0.15, 0.2) is 0 Å². The molecule has 105 heavy (non-hydrogen) atoms. The van der Waals surface area contributed by atoms with Gasteiger partial charge in [-0.3, -0.25) is 0 Å². The predicted octanol–water partition coefficient (Wildman–Crippen LogP) is 21.6. The molecule has 21 heteroatoms. The molecule has 624 valence electrons. The monoisotopic (exact) mass is 1690 g/mol. The number of hydrogen-bond donors (Lipinski definition) is 4. The maximum Gasteiger partial charge on any atom is 2.00 e. The zero-order valence-corrected chi connectivity index (χ0v) is 76.8. The van der Waals surface area contributed by atoms with Crippen LogP contribution >= 0.6 is 0 Å². The van der Waals surface area contributed by atoms with Crippen molar-refractivity contribution >= 4 is 101 Å². The maximum absolute atomic E-state index is 12.5.